The van der Waals surface area contributed by atoms with Crippen molar-refractivity contribution in [1.29, 1.82) is 0 Å². The third kappa shape index (κ3) is 2.13. The highest BCUT2D eigenvalue weighted by atomic mass is 79.9. The zero-order chi connectivity index (χ0) is 11.7. The molecule has 0 radical (unpaired) electrons. The SMILES string of the molecule is Brc1ccc2c(c1)/C(=C/c1cnc[nH]1)CCN2. The van der Waals surface area contributed by atoms with Crippen LogP contribution in [0.2, 0.25) is 0 Å². The van der Waals surface area contributed by atoms with Crippen molar-refractivity contribution in [2.75, 3.05) is 11.9 Å². The van der Waals surface area contributed by atoms with Crippen molar-refractivity contribution in [2.45, 2.75) is 6.42 Å². The molecule has 0 fully saturated rings. The van der Waals surface area contributed by atoms with Crippen molar-refractivity contribution >= 4 is 33.3 Å². The van der Waals surface area contributed by atoms with Gasteiger partial charge in [-0.15, -0.1) is 0 Å². The summed E-state index contributed by atoms with van der Waals surface area (Å²) in [5.41, 5.74) is 4.85. The molecule has 0 spiro atoms. The second-order valence-corrected chi connectivity index (χ2v) is 4.96. The Morgan fingerprint density at radius 1 is 1.35 bits per heavy atom. The van der Waals surface area contributed by atoms with E-state index in [4.69, 9.17) is 0 Å². The number of aromatic amines is 1. The molecule has 1 aromatic heterocycles. The second kappa shape index (κ2) is 4.37. The third-order valence-electron chi connectivity index (χ3n) is 2.89. The molecular weight excluding hydrogens is 278 g/mol. The molecule has 1 aliphatic heterocycles. The number of nitrogens with one attached hydrogen (secondary N) is 2. The first kappa shape index (κ1) is 10.6. The Bertz CT molecular complexity index is 558. The van der Waals surface area contributed by atoms with Crippen LogP contribution in [-0.4, -0.2) is 16.5 Å². The number of benzene rings is 1. The number of H-pyrrole nitrogens is 1. The van der Waals surface area contributed by atoms with Gasteiger partial charge in [-0.3, -0.25) is 0 Å². The van der Waals surface area contributed by atoms with Crippen LogP contribution in [0.15, 0.2) is 35.2 Å². The van der Waals surface area contributed by atoms with Crippen molar-refractivity contribution in [2.24, 2.45) is 0 Å². The largest absolute Gasteiger partial charge is 0.384 e. The molecule has 17 heavy (non-hydrogen) atoms. The Balaban J connectivity index is 2.07. The van der Waals surface area contributed by atoms with E-state index < -0.39 is 0 Å². The maximum atomic E-state index is 4.04. The number of rotatable bonds is 1. The Morgan fingerprint density at radius 2 is 2.29 bits per heavy atom. The van der Waals surface area contributed by atoms with Gasteiger partial charge in [0.05, 0.1) is 18.2 Å². The molecule has 2 N–H and O–H groups in total. The van der Waals surface area contributed by atoms with Crippen molar-refractivity contribution in [3.05, 3.63) is 46.5 Å². The van der Waals surface area contributed by atoms with Crippen LogP contribution >= 0.6 is 15.9 Å². The standard InChI is InChI=1S/C13H12BrN3/c14-10-1-2-13-12(6-10)9(3-4-16-13)5-11-7-15-8-17-11/h1-2,5-8,16H,3-4H2,(H,15,17)/b9-5+. The Labute approximate surface area is 108 Å². The van der Waals surface area contributed by atoms with Crippen LogP contribution < -0.4 is 5.32 Å². The monoisotopic (exact) mass is 289 g/mol. The van der Waals surface area contributed by atoms with E-state index in [0.29, 0.717) is 0 Å². The molecule has 0 aliphatic carbocycles. The lowest BCUT2D eigenvalue weighted by molar-refractivity contribution is 1.05. The molecule has 0 bridgehead atoms. The summed E-state index contributed by atoms with van der Waals surface area (Å²) in [7, 11) is 0. The van der Waals surface area contributed by atoms with Gasteiger partial charge < -0.3 is 10.3 Å². The maximum Gasteiger partial charge on any atom is 0.0924 e. The maximum absolute atomic E-state index is 4.04. The Hall–Kier alpha value is -1.55. The lowest BCUT2D eigenvalue weighted by Gasteiger charge is -2.21. The van der Waals surface area contributed by atoms with Gasteiger partial charge in [-0.05, 0) is 36.3 Å². The molecule has 0 amide bonds. The summed E-state index contributed by atoms with van der Waals surface area (Å²) in [5, 5.41) is 3.41. The summed E-state index contributed by atoms with van der Waals surface area (Å²) < 4.78 is 1.11. The number of aromatic nitrogens is 2. The van der Waals surface area contributed by atoms with Gasteiger partial charge in [0, 0.05) is 22.3 Å². The van der Waals surface area contributed by atoms with Crippen molar-refractivity contribution < 1.29 is 0 Å². The van der Waals surface area contributed by atoms with Crippen molar-refractivity contribution in [3.63, 3.8) is 0 Å². The molecular formula is C13H12BrN3. The fraction of sp³-hybridized carbons (Fsp3) is 0.154. The van der Waals surface area contributed by atoms with Gasteiger partial charge in [0.1, 0.15) is 0 Å². The summed E-state index contributed by atoms with van der Waals surface area (Å²) in [5.74, 6) is 0. The van der Waals surface area contributed by atoms with Crippen LogP contribution in [0, 0.1) is 0 Å². The molecule has 0 saturated carbocycles. The third-order valence-corrected chi connectivity index (χ3v) is 3.38. The lowest BCUT2D eigenvalue weighted by Crippen LogP contribution is -2.10. The number of anilines is 1. The van der Waals surface area contributed by atoms with Crippen LogP contribution in [0.3, 0.4) is 0 Å². The molecule has 86 valence electrons. The van der Waals surface area contributed by atoms with E-state index >= 15 is 0 Å². The first-order chi connectivity index (χ1) is 8.33. The highest BCUT2D eigenvalue weighted by molar-refractivity contribution is 9.10. The predicted octanol–water partition coefficient (Wildman–Crippen LogP) is 3.53. The number of hydrogen-bond donors (Lipinski definition) is 2. The lowest BCUT2D eigenvalue weighted by atomic mass is 9.96. The van der Waals surface area contributed by atoms with Crippen LogP contribution in [0.4, 0.5) is 5.69 Å². The highest BCUT2D eigenvalue weighted by Crippen LogP contribution is 2.33. The zero-order valence-corrected chi connectivity index (χ0v) is 10.8. The Morgan fingerprint density at radius 3 is 3.12 bits per heavy atom. The van der Waals surface area contributed by atoms with Gasteiger partial charge in [0.2, 0.25) is 0 Å². The van der Waals surface area contributed by atoms with E-state index in [1.165, 1.54) is 16.8 Å². The first-order valence-corrected chi connectivity index (χ1v) is 6.35. The van der Waals surface area contributed by atoms with E-state index in [2.05, 4.69) is 55.5 Å². The van der Waals surface area contributed by atoms with Crippen molar-refractivity contribution in [3.8, 4) is 0 Å². The molecule has 0 saturated heterocycles. The molecule has 1 aliphatic rings. The molecule has 0 atom stereocenters. The van der Waals surface area contributed by atoms with Crippen LogP contribution in [0.1, 0.15) is 17.7 Å². The Kier molecular flexibility index (Phi) is 2.73. The number of halogens is 1. The molecule has 2 heterocycles. The molecule has 1 aromatic carbocycles. The average Bonchev–Trinajstić information content (AvgIpc) is 2.83. The average molecular weight is 290 g/mol. The molecule has 4 heteroatoms. The first-order valence-electron chi connectivity index (χ1n) is 5.56. The normalized spacial score (nSPS) is 16.6. The van der Waals surface area contributed by atoms with Gasteiger partial charge in [-0.25, -0.2) is 4.98 Å². The quantitative estimate of drug-likeness (QED) is 0.843. The number of fused-ring (bicyclic) bond motifs is 1. The summed E-state index contributed by atoms with van der Waals surface area (Å²) >= 11 is 3.52. The fourth-order valence-electron chi connectivity index (χ4n) is 2.09. The minimum Gasteiger partial charge on any atom is -0.384 e. The van der Waals surface area contributed by atoms with E-state index in [0.717, 1.165) is 23.1 Å². The van der Waals surface area contributed by atoms with Crippen LogP contribution in [-0.2, 0) is 0 Å². The number of imidazole rings is 1. The highest BCUT2D eigenvalue weighted by Gasteiger charge is 2.13. The minimum atomic E-state index is 0.981. The number of nitrogens with zero attached hydrogens (tertiary/aromatic N) is 1. The summed E-state index contributed by atoms with van der Waals surface area (Å²) in [4.78, 5) is 7.15. The molecule has 0 unspecified atom stereocenters. The summed E-state index contributed by atoms with van der Waals surface area (Å²) in [6.07, 6.45) is 6.74. The number of hydrogen-bond acceptors (Lipinski definition) is 2. The predicted molar refractivity (Wildman–Crippen MR) is 73.7 cm³/mol. The van der Waals surface area contributed by atoms with Crippen LogP contribution in [0.25, 0.3) is 11.6 Å². The van der Waals surface area contributed by atoms with Gasteiger partial charge >= 0.3 is 0 Å². The van der Waals surface area contributed by atoms with Crippen LogP contribution in [0.5, 0.6) is 0 Å². The van der Waals surface area contributed by atoms with E-state index in [-0.39, 0.29) is 0 Å². The molecule has 2 aromatic rings. The van der Waals surface area contributed by atoms with E-state index in [1.807, 2.05) is 6.20 Å². The molecule has 3 rings (SSSR count). The van der Waals surface area contributed by atoms with Crippen molar-refractivity contribution in [1.82, 2.24) is 9.97 Å². The van der Waals surface area contributed by atoms with Gasteiger partial charge in [0.25, 0.3) is 0 Å². The topological polar surface area (TPSA) is 40.7 Å². The summed E-state index contributed by atoms with van der Waals surface area (Å²) in [6, 6.07) is 6.33. The second-order valence-electron chi connectivity index (χ2n) is 4.04. The fourth-order valence-corrected chi connectivity index (χ4v) is 2.45. The van der Waals surface area contributed by atoms with E-state index in [9.17, 15) is 0 Å². The summed E-state index contributed by atoms with van der Waals surface area (Å²) in [6.45, 7) is 0.981. The van der Waals surface area contributed by atoms with E-state index in [1.54, 1.807) is 6.33 Å². The smallest absolute Gasteiger partial charge is 0.0924 e. The zero-order valence-electron chi connectivity index (χ0n) is 9.20. The molecule has 3 nitrogen and oxygen atoms in total. The van der Waals surface area contributed by atoms with Gasteiger partial charge in [0.15, 0.2) is 0 Å². The minimum absolute atomic E-state index is 0.981. The van der Waals surface area contributed by atoms with Gasteiger partial charge in [-0.1, -0.05) is 15.9 Å². The van der Waals surface area contributed by atoms with Gasteiger partial charge in [-0.2, -0.15) is 0 Å².